The minimum absolute atomic E-state index is 0.251. The Labute approximate surface area is 110 Å². The lowest BCUT2D eigenvalue weighted by Crippen LogP contribution is -1.93. The van der Waals surface area contributed by atoms with Gasteiger partial charge in [0.1, 0.15) is 5.82 Å². The molecule has 0 atom stereocenters. The van der Waals surface area contributed by atoms with Crippen molar-refractivity contribution in [2.45, 2.75) is 0 Å². The molecule has 3 aromatic rings. The number of hydrogen-bond acceptors (Lipinski definition) is 2. The zero-order chi connectivity index (χ0) is 13.1. The van der Waals surface area contributed by atoms with Gasteiger partial charge in [-0.05, 0) is 36.4 Å². The average Bonchev–Trinajstić information content (AvgIpc) is 2.89. The molecule has 0 fully saturated rings. The third-order valence-corrected chi connectivity index (χ3v) is 2.74. The monoisotopic (exact) mass is 253 g/mol. The number of hydrogen-bond donors (Lipinski definition) is 1. The van der Waals surface area contributed by atoms with Crippen LogP contribution in [0.25, 0.3) is 5.69 Å². The van der Waals surface area contributed by atoms with E-state index in [1.807, 2.05) is 36.5 Å². The molecular formula is C15H12FN3. The molecule has 1 aromatic heterocycles. The number of rotatable bonds is 3. The van der Waals surface area contributed by atoms with Crippen molar-refractivity contribution < 1.29 is 4.39 Å². The maximum atomic E-state index is 12.9. The smallest absolute Gasteiger partial charge is 0.123 e. The second-order valence-electron chi connectivity index (χ2n) is 4.14. The van der Waals surface area contributed by atoms with Gasteiger partial charge >= 0.3 is 0 Å². The van der Waals surface area contributed by atoms with Crippen molar-refractivity contribution in [3.05, 3.63) is 72.8 Å². The highest BCUT2D eigenvalue weighted by Gasteiger charge is 2.01. The zero-order valence-electron chi connectivity index (χ0n) is 10.1. The van der Waals surface area contributed by atoms with Crippen molar-refractivity contribution in [1.29, 1.82) is 0 Å². The minimum atomic E-state index is -0.251. The Kier molecular flexibility index (Phi) is 2.98. The molecule has 0 radical (unpaired) electrons. The van der Waals surface area contributed by atoms with Crippen LogP contribution in [0, 0.1) is 5.82 Å². The van der Waals surface area contributed by atoms with Crippen LogP contribution in [0.1, 0.15) is 0 Å². The maximum absolute atomic E-state index is 12.9. The van der Waals surface area contributed by atoms with E-state index in [0.29, 0.717) is 0 Å². The Morgan fingerprint density at radius 1 is 0.895 bits per heavy atom. The standard InChI is InChI=1S/C15H12FN3/c16-12-6-8-15(9-7-12)19-11-14(10-17-19)18-13-4-2-1-3-5-13/h1-11,18H. The van der Waals surface area contributed by atoms with Gasteiger partial charge in [0.2, 0.25) is 0 Å². The molecule has 0 saturated carbocycles. The van der Waals surface area contributed by atoms with Crippen molar-refractivity contribution >= 4 is 11.4 Å². The number of nitrogens with zero attached hydrogens (tertiary/aromatic N) is 2. The molecule has 94 valence electrons. The summed E-state index contributed by atoms with van der Waals surface area (Å²) in [4.78, 5) is 0. The summed E-state index contributed by atoms with van der Waals surface area (Å²) in [5, 5.41) is 7.49. The first-order valence-electron chi connectivity index (χ1n) is 5.94. The van der Waals surface area contributed by atoms with Crippen LogP contribution >= 0.6 is 0 Å². The Bertz CT molecular complexity index is 659. The first kappa shape index (κ1) is 11.5. The summed E-state index contributed by atoms with van der Waals surface area (Å²) >= 11 is 0. The molecule has 2 aromatic carbocycles. The number of anilines is 2. The van der Waals surface area contributed by atoms with Crippen molar-refractivity contribution in [3.63, 3.8) is 0 Å². The van der Waals surface area contributed by atoms with Gasteiger partial charge in [-0.15, -0.1) is 0 Å². The topological polar surface area (TPSA) is 29.9 Å². The van der Waals surface area contributed by atoms with Gasteiger partial charge in [-0.3, -0.25) is 0 Å². The van der Waals surface area contributed by atoms with Crippen LogP contribution in [0.4, 0.5) is 15.8 Å². The molecule has 19 heavy (non-hydrogen) atoms. The fourth-order valence-corrected chi connectivity index (χ4v) is 1.81. The van der Waals surface area contributed by atoms with Gasteiger partial charge < -0.3 is 5.32 Å². The number of aromatic nitrogens is 2. The summed E-state index contributed by atoms with van der Waals surface area (Å²) in [7, 11) is 0. The molecule has 0 aliphatic carbocycles. The molecule has 3 nitrogen and oxygen atoms in total. The fraction of sp³-hybridized carbons (Fsp3) is 0. The summed E-state index contributed by atoms with van der Waals surface area (Å²) in [6.45, 7) is 0. The van der Waals surface area contributed by atoms with E-state index in [9.17, 15) is 4.39 Å². The molecule has 0 aliphatic heterocycles. The predicted octanol–water partition coefficient (Wildman–Crippen LogP) is 3.76. The van der Waals surface area contributed by atoms with Crippen LogP contribution in [0.5, 0.6) is 0 Å². The van der Waals surface area contributed by atoms with Crippen molar-refractivity contribution in [1.82, 2.24) is 9.78 Å². The van der Waals surface area contributed by atoms with Crippen LogP contribution in [0.3, 0.4) is 0 Å². The van der Waals surface area contributed by atoms with E-state index in [0.717, 1.165) is 17.1 Å². The first-order valence-corrected chi connectivity index (χ1v) is 5.94. The summed E-state index contributed by atoms with van der Waals surface area (Å²) in [5.74, 6) is -0.251. The van der Waals surface area contributed by atoms with E-state index in [-0.39, 0.29) is 5.82 Å². The molecule has 0 amide bonds. The SMILES string of the molecule is Fc1ccc(-n2cc(Nc3ccccc3)cn2)cc1. The molecule has 0 spiro atoms. The highest BCUT2D eigenvalue weighted by Crippen LogP contribution is 2.17. The van der Waals surface area contributed by atoms with E-state index in [1.165, 1.54) is 12.1 Å². The van der Waals surface area contributed by atoms with Crippen LogP contribution < -0.4 is 5.32 Å². The molecule has 1 heterocycles. The lowest BCUT2D eigenvalue weighted by Gasteiger charge is -2.02. The Balaban J connectivity index is 1.82. The molecular weight excluding hydrogens is 241 g/mol. The van der Waals surface area contributed by atoms with Gasteiger partial charge in [0.05, 0.1) is 23.8 Å². The average molecular weight is 253 g/mol. The number of para-hydroxylation sites is 1. The Morgan fingerprint density at radius 3 is 2.37 bits per heavy atom. The van der Waals surface area contributed by atoms with E-state index in [2.05, 4.69) is 10.4 Å². The van der Waals surface area contributed by atoms with E-state index in [4.69, 9.17) is 0 Å². The van der Waals surface area contributed by atoms with Gasteiger partial charge in [-0.25, -0.2) is 9.07 Å². The highest BCUT2D eigenvalue weighted by molar-refractivity contribution is 5.58. The molecule has 1 N–H and O–H groups in total. The van der Waals surface area contributed by atoms with Gasteiger partial charge in [-0.2, -0.15) is 5.10 Å². The van der Waals surface area contributed by atoms with Crippen LogP contribution in [-0.2, 0) is 0 Å². The van der Waals surface area contributed by atoms with Gasteiger partial charge in [0, 0.05) is 5.69 Å². The quantitative estimate of drug-likeness (QED) is 0.770. The molecule has 4 heteroatoms. The largest absolute Gasteiger partial charge is 0.353 e. The van der Waals surface area contributed by atoms with Crippen LogP contribution in [-0.4, -0.2) is 9.78 Å². The van der Waals surface area contributed by atoms with E-state index < -0.39 is 0 Å². The van der Waals surface area contributed by atoms with Crippen molar-refractivity contribution in [3.8, 4) is 5.69 Å². The van der Waals surface area contributed by atoms with Gasteiger partial charge in [0.25, 0.3) is 0 Å². The highest BCUT2D eigenvalue weighted by atomic mass is 19.1. The second-order valence-corrected chi connectivity index (χ2v) is 4.14. The summed E-state index contributed by atoms with van der Waals surface area (Å²) < 4.78 is 14.6. The lowest BCUT2D eigenvalue weighted by atomic mass is 10.3. The number of halogens is 1. The Hall–Kier alpha value is -2.62. The third kappa shape index (κ3) is 2.63. The number of benzene rings is 2. The first-order chi connectivity index (χ1) is 9.31. The van der Waals surface area contributed by atoms with Gasteiger partial charge in [0.15, 0.2) is 0 Å². The zero-order valence-corrected chi connectivity index (χ0v) is 10.1. The second kappa shape index (κ2) is 4.94. The molecule has 3 rings (SSSR count). The normalized spacial score (nSPS) is 10.4. The summed E-state index contributed by atoms with van der Waals surface area (Å²) in [6, 6.07) is 16.1. The molecule has 0 bridgehead atoms. The summed E-state index contributed by atoms with van der Waals surface area (Å²) in [6.07, 6.45) is 3.59. The van der Waals surface area contributed by atoms with Crippen LogP contribution in [0.15, 0.2) is 67.0 Å². The molecule has 0 unspecified atom stereocenters. The van der Waals surface area contributed by atoms with Crippen LogP contribution in [0.2, 0.25) is 0 Å². The maximum Gasteiger partial charge on any atom is 0.123 e. The minimum Gasteiger partial charge on any atom is -0.353 e. The fourth-order valence-electron chi connectivity index (χ4n) is 1.81. The van der Waals surface area contributed by atoms with Crippen molar-refractivity contribution in [2.75, 3.05) is 5.32 Å². The van der Waals surface area contributed by atoms with Gasteiger partial charge in [-0.1, -0.05) is 18.2 Å². The summed E-state index contributed by atoms with van der Waals surface area (Å²) in [5.41, 5.74) is 2.71. The van der Waals surface area contributed by atoms with E-state index in [1.54, 1.807) is 23.0 Å². The van der Waals surface area contributed by atoms with E-state index >= 15 is 0 Å². The Morgan fingerprint density at radius 2 is 1.63 bits per heavy atom. The molecule has 0 aliphatic rings. The lowest BCUT2D eigenvalue weighted by molar-refractivity contribution is 0.627. The predicted molar refractivity (Wildman–Crippen MR) is 73.2 cm³/mol. The number of nitrogens with one attached hydrogen (secondary N) is 1. The van der Waals surface area contributed by atoms with Crippen molar-refractivity contribution in [2.24, 2.45) is 0 Å². The molecule has 0 saturated heterocycles. The third-order valence-electron chi connectivity index (χ3n) is 2.74.